The van der Waals surface area contributed by atoms with Crippen LogP contribution in [0.3, 0.4) is 0 Å². The molecule has 0 spiro atoms. The number of halogens is 4. The summed E-state index contributed by atoms with van der Waals surface area (Å²) in [6, 6.07) is 7.47. The smallest absolute Gasteiger partial charge is 0.223 e. The van der Waals surface area contributed by atoms with E-state index in [0.717, 1.165) is 46.3 Å². The number of aromatic nitrogens is 10. The molecule has 4 heterocycles. The van der Waals surface area contributed by atoms with E-state index in [1.807, 2.05) is 24.3 Å². The molecule has 0 atom stereocenters. The van der Waals surface area contributed by atoms with Crippen LogP contribution in [0.4, 0.5) is 0 Å². The van der Waals surface area contributed by atoms with Crippen LogP contribution in [0.1, 0.15) is 39.5 Å². The Morgan fingerprint density at radius 1 is 0.882 bits per heavy atom. The Hall–Kier alpha value is -2.02. The second-order valence-corrected chi connectivity index (χ2v) is 8.77. The molecule has 4 aromatic heterocycles. The van der Waals surface area contributed by atoms with Crippen molar-refractivity contribution < 1.29 is 0 Å². The van der Waals surface area contributed by atoms with E-state index in [0.29, 0.717) is 17.3 Å². The molecule has 0 aliphatic rings. The Labute approximate surface area is 226 Å². The molecular formula is C20H26Br2Cl2N10. The quantitative estimate of drug-likeness (QED) is 0.254. The molecule has 14 heteroatoms. The number of hydrogen-bond donors (Lipinski definition) is 1. The molecule has 0 unspecified atom stereocenters. The number of aromatic amines is 1. The van der Waals surface area contributed by atoms with Gasteiger partial charge in [0.25, 0.3) is 0 Å². The zero-order valence-corrected chi connectivity index (χ0v) is 23.5. The van der Waals surface area contributed by atoms with Crippen LogP contribution in [0, 0.1) is 0 Å². The average Bonchev–Trinajstić information content (AvgIpc) is 3.53. The zero-order chi connectivity index (χ0) is 23.9. The predicted octanol–water partition coefficient (Wildman–Crippen LogP) is 5.77. The molecule has 0 bridgehead atoms. The van der Waals surface area contributed by atoms with Gasteiger partial charge in [0.1, 0.15) is 11.4 Å². The lowest BCUT2D eigenvalue weighted by Gasteiger charge is -1.95. The minimum atomic E-state index is 0. The van der Waals surface area contributed by atoms with E-state index in [2.05, 4.69) is 91.7 Å². The predicted molar refractivity (Wildman–Crippen MR) is 142 cm³/mol. The summed E-state index contributed by atoms with van der Waals surface area (Å²) in [5, 5.41) is 25.6. The maximum Gasteiger partial charge on any atom is 0.223 e. The van der Waals surface area contributed by atoms with Crippen molar-refractivity contribution in [3.8, 4) is 23.0 Å². The van der Waals surface area contributed by atoms with Gasteiger partial charge in [0.15, 0.2) is 0 Å². The van der Waals surface area contributed by atoms with Gasteiger partial charge in [-0.25, -0.2) is 0 Å². The molecule has 4 aromatic rings. The summed E-state index contributed by atoms with van der Waals surface area (Å²) >= 11 is 11.9. The maximum absolute atomic E-state index is 5.30. The second kappa shape index (κ2) is 17.4. The molecule has 0 aliphatic heterocycles. The topological polar surface area (TPSA) is 124 Å². The molecule has 34 heavy (non-hydrogen) atoms. The minimum absolute atomic E-state index is 0. The molecule has 0 saturated heterocycles. The van der Waals surface area contributed by atoms with Gasteiger partial charge in [-0.1, -0.05) is 26.7 Å². The molecule has 0 radical (unpaired) electrons. The van der Waals surface area contributed by atoms with Gasteiger partial charge in [0, 0.05) is 27.2 Å². The standard InChI is InChI=1S/C10H12BrN5.C6H4BrN5.C4H9Cl.ClH/c1-2-3-6-16-14-10(13-15-16)9-5-4-8(11)7-12-9;7-4-1-2-5(8-3-4)6-9-11-12-10-6;1-2-3-4-5;/h4-5,7H,2-3,6H2,1H3;1-3H,(H,9,10,11,12);2-4H2,1H3;1H. The van der Waals surface area contributed by atoms with Gasteiger partial charge in [-0.05, 0) is 79.4 Å². The number of hydrogen-bond acceptors (Lipinski definition) is 8. The third kappa shape index (κ3) is 10.9. The highest BCUT2D eigenvalue weighted by Gasteiger charge is 2.06. The third-order valence-corrected chi connectivity index (χ3v) is 5.12. The summed E-state index contributed by atoms with van der Waals surface area (Å²) < 4.78 is 1.87. The van der Waals surface area contributed by atoms with Crippen LogP contribution in [0.5, 0.6) is 0 Å². The van der Waals surface area contributed by atoms with Crippen molar-refractivity contribution in [2.24, 2.45) is 0 Å². The lowest BCUT2D eigenvalue weighted by molar-refractivity contribution is 0.496. The van der Waals surface area contributed by atoms with Crippen molar-refractivity contribution in [3.63, 3.8) is 0 Å². The van der Waals surface area contributed by atoms with E-state index in [9.17, 15) is 0 Å². The minimum Gasteiger partial charge on any atom is -0.252 e. The van der Waals surface area contributed by atoms with Crippen LogP contribution in [-0.4, -0.2) is 56.7 Å². The van der Waals surface area contributed by atoms with Crippen LogP contribution in [-0.2, 0) is 6.54 Å². The summed E-state index contributed by atoms with van der Waals surface area (Å²) in [6.45, 7) is 5.07. The first-order valence-electron chi connectivity index (χ1n) is 10.4. The number of nitrogens with one attached hydrogen (secondary N) is 1. The fraction of sp³-hybridized carbons (Fsp3) is 0.400. The van der Waals surface area contributed by atoms with Crippen molar-refractivity contribution in [1.82, 2.24) is 50.8 Å². The summed E-state index contributed by atoms with van der Waals surface area (Å²) in [7, 11) is 0. The van der Waals surface area contributed by atoms with Crippen molar-refractivity contribution in [2.45, 2.75) is 46.1 Å². The molecule has 0 saturated carbocycles. The number of tetrazole rings is 2. The highest BCUT2D eigenvalue weighted by Crippen LogP contribution is 2.14. The van der Waals surface area contributed by atoms with Gasteiger partial charge in [-0.3, -0.25) is 9.97 Å². The average molecular weight is 637 g/mol. The number of rotatable bonds is 7. The van der Waals surface area contributed by atoms with Crippen LogP contribution >= 0.6 is 55.9 Å². The van der Waals surface area contributed by atoms with Gasteiger partial charge in [-0.2, -0.15) is 10.0 Å². The van der Waals surface area contributed by atoms with Crippen LogP contribution in [0.25, 0.3) is 23.0 Å². The molecule has 0 aliphatic carbocycles. The Kier molecular flexibility index (Phi) is 15.4. The van der Waals surface area contributed by atoms with Crippen molar-refractivity contribution >= 4 is 55.9 Å². The normalized spacial score (nSPS) is 9.79. The number of H-pyrrole nitrogens is 1. The third-order valence-electron chi connectivity index (χ3n) is 3.91. The van der Waals surface area contributed by atoms with Crippen molar-refractivity contribution in [1.29, 1.82) is 0 Å². The van der Waals surface area contributed by atoms with Crippen molar-refractivity contribution in [2.75, 3.05) is 5.88 Å². The molecule has 0 amide bonds. The fourth-order valence-corrected chi connectivity index (χ4v) is 2.90. The molecule has 0 fully saturated rings. The molecule has 0 aromatic carbocycles. The first-order valence-corrected chi connectivity index (χ1v) is 12.5. The SMILES string of the molecule is Brc1ccc(-c2nn[nH]n2)nc1.CCCCCl.CCCCn1nnc(-c2ccc(Br)cn2)n1.Cl. The number of alkyl halides is 1. The van der Waals surface area contributed by atoms with Gasteiger partial charge in [0.2, 0.25) is 11.6 Å². The first-order chi connectivity index (χ1) is 16.1. The Bertz CT molecular complexity index is 1030. The fourth-order valence-electron chi connectivity index (χ4n) is 2.16. The summed E-state index contributed by atoms with van der Waals surface area (Å²) in [6.07, 6.45) is 7.95. The van der Waals surface area contributed by atoms with Gasteiger partial charge < -0.3 is 0 Å². The van der Waals surface area contributed by atoms with E-state index in [1.54, 1.807) is 17.2 Å². The molecule has 1 N–H and O–H groups in total. The molecule has 184 valence electrons. The van der Waals surface area contributed by atoms with Crippen LogP contribution in [0.15, 0.2) is 45.6 Å². The molecule has 4 rings (SSSR count). The van der Waals surface area contributed by atoms with E-state index >= 15 is 0 Å². The largest absolute Gasteiger partial charge is 0.252 e. The Morgan fingerprint density at radius 3 is 1.94 bits per heavy atom. The molecular weight excluding hydrogens is 611 g/mol. The first kappa shape index (κ1) is 30.0. The van der Waals surface area contributed by atoms with Crippen LogP contribution in [0.2, 0.25) is 0 Å². The van der Waals surface area contributed by atoms with Gasteiger partial charge in [0.05, 0.1) is 6.54 Å². The van der Waals surface area contributed by atoms with E-state index in [-0.39, 0.29) is 12.4 Å². The zero-order valence-electron chi connectivity index (χ0n) is 18.8. The summed E-state index contributed by atoms with van der Waals surface area (Å²) in [5.74, 6) is 1.89. The highest BCUT2D eigenvalue weighted by atomic mass is 79.9. The summed E-state index contributed by atoms with van der Waals surface area (Å²) in [5.41, 5.74) is 1.44. The Balaban J connectivity index is 0.000000284. The van der Waals surface area contributed by atoms with E-state index in [4.69, 9.17) is 11.6 Å². The van der Waals surface area contributed by atoms with E-state index in [1.165, 1.54) is 6.42 Å². The summed E-state index contributed by atoms with van der Waals surface area (Å²) in [4.78, 5) is 9.92. The van der Waals surface area contributed by atoms with Gasteiger partial charge >= 0.3 is 0 Å². The maximum atomic E-state index is 5.30. The highest BCUT2D eigenvalue weighted by molar-refractivity contribution is 9.10. The van der Waals surface area contributed by atoms with Crippen LogP contribution < -0.4 is 0 Å². The number of pyridine rings is 2. The lowest BCUT2D eigenvalue weighted by atomic mass is 10.3. The second-order valence-electron chi connectivity index (χ2n) is 6.56. The van der Waals surface area contributed by atoms with Gasteiger partial charge in [-0.15, -0.1) is 44.4 Å². The van der Waals surface area contributed by atoms with E-state index < -0.39 is 0 Å². The Morgan fingerprint density at radius 2 is 1.50 bits per heavy atom. The number of aryl methyl sites for hydroxylation is 1. The molecule has 10 nitrogen and oxygen atoms in total. The lowest BCUT2D eigenvalue weighted by Crippen LogP contribution is -2.02. The monoisotopic (exact) mass is 634 g/mol. The number of unbranched alkanes of at least 4 members (excludes halogenated alkanes) is 2. The number of nitrogens with zero attached hydrogens (tertiary/aromatic N) is 9. The van der Waals surface area contributed by atoms with Crippen molar-refractivity contribution in [3.05, 3.63) is 45.6 Å².